The molecule has 80 heavy (non-hydrogen) atoms. The Morgan fingerprint density at radius 3 is 0.750 bits per heavy atom. The normalized spacial score (nSPS) is 16.2. The molecule has 0 nitrogen and oxygen atoms in total. The number of rotatable bonds is 38. The maximum absolute atomic E-state index is 16.5. The van der Waals surface area contributed by atoms with Crippen molar-refractivity contribution in [3.63, 3.8) is 0 Å². The second kappa shape index (κ2) is 34.0. The van der Waals surface area contributed by atoms with E-state index in [0.29, 0.717) is 6.16 Å². The fraction of sp³-hybridized carbons (Fsp3) is 0.878. The van der Waals surface area contributed by atoms with E-state index in [1.807, 2.05) is 6.92 Å². The molecule has 0 bridgehead atoms. The third-order valence-electron chi connectivity index (χ3n) is 13.7. The van der Waals surface area contributed by atoms with E-state index < -0.39 is 275 Å². The summed E-state index contributed by atoms with van der Waals surface area (Å²) in [6.07, 6.45) is -67.5. The molecule has 0 aliphatic rings. The van der Waals surface area contributed by atoms with Gasteiger partial charge in [-0.2, -0.15) is 61.5 Å². The Morgan fingerprint density at radius 1 is 0.312 bits per heavy atom. The summed E-state index contributed by atoms with van der Waals surface area (Å²) < 4.78 is 410. The van der Waals surface area contributed by atoms with Crippen molar-refractivity contribution in [3.05, 3.63) is 29.1 Å². The summed E-state index contributed by atoms with van der Waals surface area (Å²) in [5.41, 5.74) is 0. The van der Waals surface area contributed by atoms with Gasteiger partial charge in [0.15, 0.2) is 28.6 Å². The fourth-order valence-corrected chi connectivity index (χ4v) is 11.3. The Kier molecular flexibility index (Phi) is 33.0. The third-order valence-corrected chi connectivity index (χ3v) is 16.1. The first-order valence-electron chi connectivity index (χ1n) is 26.3. The number of benzene rings is 1. The van der Waals surface area contributed by atoms with Crippen molar-refractivity contribution in [2.24, 2.45) is 0 Å². The van der Waals surface area contributed by atoms with Gasteiger partial charge in [0.1, 0.15) is 24.7 Å². The van der Waals surface area contributed by atoms with Gasteiger partial charge >= 0.3 is 30.9 Å². The van der Waals surface area contributed by atoms with E-state index in [2.05, 4.69) is 0 Å². The van der Waals surface area contributed by atoms with Crippen LogP contribution in [0.15, 0.2) is 0 Å². The van der Waals surface area contributed by atoms with Gasteiger partial charge in [-0.15, -0.1) is 0 Å². The van der Waals surface area contributed by atoms with Crippen LogP contribution in [-0.2, 0) is 0 Å². The molecule has 5 unspecified atom stereocenters. The molecule has 5 atom stereocenters. The van der Waals surface area contributed by atoms with E-state index in [-0.39, 0.29) is 0 Å². The van der Waals surface area contributed by atoms with Crippen molar-refractivity contribution < 1.29 is 127 Å². The van der Waals surface area contributed by atoms with Crippen molar-refractivity contribution in [2.45, 2.75) is 259 Å². The molecular formula is C49H69BF29P. The quantitative estimate of drug-likeness (QED) is 0.0155. The highest BCUT2D eigenvalue weighted by molar-refractivity contribution is 7.64. The Labute approximate surface area is 447 Å². The molecule has 0 saturated heterocycles. The molecule has 0 aliphatic carbocycles. The molecule has 0 amide bonds. The second-order valence-corrected chi connectivity index (χ2v) is 22.8. The van der Waals surface area contributed by atoms with Gasteiger partial charge in [0.05, 0.1) is 12.8 Å². The highest BCUT2D eigenvalue weighted by atomic mass is 31.1. The largest absolute Gasteiger partial charge is 0.389 e. The molecular weight excluding hydrogens is 1180 g/mol. The lowest BCUT2D eigenvalue weighted by Gasteiger charge is -2.60. The number of hydrogen-bond donors (Lipinski definition) is 0. The van der Waals surface area contributed by atoms with Crippen LogP contribution >= 0.6 is 7.92 Å². The minimum atomic E-state index is -8.43. The average Bonchev–Trinajstić information content (AvgIpc) is 3.31. The first-order valence-corrected chi connectivity index (χ1v) is 28.5. The lowest BCUT2D eigenvalue weighted by Crippen LogP contribution is -2.89. The molecule has 0 aromatic heterocycles. The van der Waals surface area contributed by atoms with Gasteiger partial charge in [0, 0.05) is 33.6 Å². The van der Waals surface area contributed by atoms with Crippen molar-refractivity contribution in [1.29, 1.82) is 0 Å². The summed E-state index contributed by atoms with van der Waals surface area (Å²) in [6, 6.07) is 0. The van der Waals surface area contributed by atoms with E-state index in [9.17, 15) is 74.6 Å². The Hall–Kier alpha value is -2.32. The predicted octanol–water partition coefficient (Wildman–Crippen LogP) is 21.5. The Bertz CT molecular complexity index is 1660. The lowest BCUT2D eigenvalue weighted by molar-refractivity contribution is -0.148. The van der Waals surface area contributed by atoms with Gasteiger partial charge in [-0.1, -0.05) is 96.8 Å². The molecule has 0 fully saturated rings. The smallest absolute Gasteiger partial charge is 0.248 e. The highest BCUT2D eigenvalue weighted by Crippen LogP contribution is 2.62. The molecule has 0 saturated carbocycles. The van der Waals surface area contributed by atoms with Crippen LogP contribution in [-0.4, -0.2) is 91.7 Å². The first-order chi connectivity index (χ1) is 36.4. The third kappa shape index (κ3) is 24.3. The van der Waals surface area contributed by atoms with E-state index in [0.717, 1.165) is 25.7 Å². The number of alkyl halides is 24. The van der Waals surface area contributed by atoms with Gasteiger partial charge < -0.3 is 0 Å². The molecule has 0 aliphatic heterocycles. The summed E-state index contributed by atoms with van der Waals surface area (Å²) in [7, 11) is -1.77. The zero-order valence-electron chi connectivity index (χ0n) is 43.9. The van der Waals surface area contributed by atoms with Crippen LogP contribution in [0.3, 0.4) is 0 Å². The molecule has 1 aromatic rings. The van der Waals surface area contributed by atoms with Crippen molar-refractivity contribution in [2.75, 3.05) is 12.8 Å². The molecule has 1 aromatic carbocycles. The summed E-state index contributed by atoms with van der Waals surface area (Å²) in [5, 5.41) is -0.599. The minimum Gasteiger partial charge on any atom is -0.248 e. The van der Waals surface area contributed by atoms with Crippen LogP contribution in [0.1, 0.15) is 187 Å². The van der Waals surface area contributed by atoms with Crippen LogP contribution in [0.2, 0.25) is 0 Å². The van der Waals surface area contributed by atoms with Crippen LogP contribution < -0.4 is 5.30 Å². The molecule has 0 heterocycles. The average molecular weight is 1250 g/mol. The zero-order valence-corrected chi connectivity index (χ0v) is 44.9. The van der Waals surface area contributed by atoms with Crippen molar-refractivity contribution in [3.8, 4) is 0 Å². The number of unbranched alkanes of at least 4 members (excludes halogenated alkanes) is 15. The van der Waals surface area contributed by atoms with Crippen molar-refractivity contribution >= 4 is 19.4 Å². The monoisotopic (exact) mass is 1250 g/mol. The molecule has 0 N–H and O–H groups in total. The SMILES string of the molecule is CCCCCC[PH+](C)c1c(F)c(F)c(F)c(F)c1F.FC(CCCCCCC(F)(F)F)C(F)(F)[B-](C(F)(F)C(F)CCCCCCC(F)(F)F)(C(F)(F)C(F)CCCCCCC(F)(F)F)C(F)(F)C(F)CCCCCCC(F)(F)F. The van der Waals surface area contributed by atoms with Gasteiger partial charge in [-0.05, 0) is 64.2 Å². The standard InChI is InChI=1S/C36H52BF24.C13H16F5P/c38-25(17-9-1-5-13-21-29(42,43)44)33(54,55)37(34(56,57)26(39)18-10-2-6-14-22-30(45,46)47,35(58,59)27(40)19-11-3-7-15-23-31(48,49)50)36(60,61)28(41)20-12-4-8-16-24-32(51,52)53;1-3-4-5-6-7-19(2)13-11(17)9(15)8(14)10(16)12(13)18/h25-28H,1-24H2;3-7H2,1-2H3/q-1;/p+1. The second-order valence-electron chi connectivity index (χ2n) is 20.2. The zero-order chi connectivity index (χ0) is 62.4. The van der Waals surface area contributed by atoms with Gasteiger partial charge in [-0.3, -0.25) is 0 Å². The number of hydrogen-bond acceptors (Lipinski definition) is 0. The molecule has 1 rings (SSSR count). The van der Waals surface area contributed by atoms with Crippen LogP contribution in [0.5, 0.6) is 0 Å². The van der Waals surface area contributed by atoms with E-state index in [1.165, 1.54) is 0 Å². The topological polar surface area (TPSA) is 0 Å². The maximum atomic E-state index is 16.5. The Balaban J connectivity index is 0.00000274. The minimum absolute atomic E-state index is 0.503. The lowest BCUT2D eigenvalue weighted by atomic mass is 9.09. The highest BCUT2D eigenvalue weighted by Gasteiger charge is 2.89. The van der Waals surface area contributed by atoms with E-state index >= 15 is 52.7 Å². The van der Waals surface area contributed by atoms with Gasteiger partial charge in [-0.25, -0.2) is 65.9 Å². The first kappa shape index (κ1) is 77.7. The molecule has 0 spiro atoms. The molecule has 476 valence electrons. The summed E-state index contributed by atoms with van der Waals surface area (Å²) in [6.45, 7) is 3.61. The molecule has 31 heteroatoms. The van der Waals surface area contributed by atoms with Crippen LogP contribution in [0, 0.1) is 29.1 Å². The van der Waals surface area contributed by atoms with Gasteiger partial charge in [0.2, 0.25) is 29.1 Å². The predicted molar refractivity (Wildman–Crippen MR) is 249 cm³/mol. The van der Waals surface area contributed by atoms with E-state index in [4.69, 9.17) is 0 Å². The summed E-state index contributed by atoms with van der Waals surface area (Å²) in [4.78, 5) is 0. The maximum Gasteiger partial charge on any atom is 0.389 e. The van der Waals surface area contributed by atoms with E-state index in [1.54, 1.807) is 6.66 Å². The van der Waals surface area contributed by atoms with Crippen molar-refractivity contribution in [1.82, 2.24) is 0 Å². The summed E-state index contributed by atoms with van der Waals surface area (Å²) in [5.74, 6) is -37.0. The molecule has 0 radical (unpaired) electrons. The van der Waals surface area contributed by atoms with Crippen LogP contribution in [0.4, 0.5) is 127 Å². The summed E-state index contributed by atoms with van der Waals surface area (Å²) >= 11 is 0. The Morgan fingerprint density at radius 2 is 0.525 bits per heavy atom. The number of halogens is 29. The fourth-order valence-electron chi connectivity index (χ4n) is 9.33. The van der Waals surface area contributed by atoms with Gasteiger partial charge in [0.25, 0.3) is 0 Å². The van der Waals surface area contributed by atoms with Crippen LogP contribution in [0.25, 0.3) is 0 Å².